The third kappa shape index (κ3) is 2.39. The number of carboxylic acid groups (broad SMARTS) is 1. The van der Waals surface area contributed by atoms with E-state index in [1.807, 2.05) is 32.0 Å². The van der Waals surface area contributed by atoms with Crippen LogP contribution in [-0.2, 0) is 4.79 Å². The Bertz CT molecular complexity index is 672. The number of carboxylic acids is 1. The molecule has 0 saturated heterocycles. The topological polar surface area (TPSA) is 70.8 Å². The molecule has 5 nitrogen and oxygen atoms in total. The maximum absolute atomic E-state index is 12.4. The fourth-order valence-electron chi connectivity index (χ4n) is 2.22. The van der Waals surface area contributed by atoms with E-state index in [4.69, 9.17) is 9.52 Å². The van der Waals surface area contributed by atoms with Gasteiger partial charge >= 0.3 is 5.97 Å². The highest BCUT2D eigenvalue weighted by molar-refractivity contribution is 6.00. The van der Waals surface area contributed by atoms with Crippen LogP contribution in [0.4, 0.5) is 0 Å². The molecule has 5 heteroatoms. The number of hydrogen-bond acceptors (Lipinski definition) is 3. The summed E-state index contributed by atoms with van der Waals surface area (Å²) in [5.41, 5.74) is 2.38. The van der Waals surface area contributed by atoms with Gasteiger partial charge in [-0.15, -0.1) is 0 Å². The zero-order valence-electron chi connectivity index (χ0n) is 11.8. The van der Waals surface area contributed by atoms with Gasteiger partial charge in [0.25, 0.3) is 5.91 Å². The molecule has 1 heterocycles. The Hall–Kier alpha value is -2.30. The van der Waals surface area contributed by atoms with E-state index in [2.05, 4.69) is 0 Å². The fraction of sp³-hybridized carbons (Fsp3) is 0.333. The summed E-state index contributed by atoms with van der Waals surface area (Å²) in [6.45, 7) is 5.46. The largest absolute Gasteiger partial charge is 0.480 e. The summed E-state index contributed by atoms with van der Waals surface area (Å²) in [5.74, 6) is -1.20. The summed E-state index contributed by atoms with van der Waals surface area (Å²) in [4.78, 5) is 24.4. The molecule has 0 bridgehead atoms. The Labute approximate surface area is 116 Å². The number of benzene rings is 1. The van der Waals surface area contributed by atoms with Crippen LogP contribution in [0.25, 0.3) is 11.0 Å². The van der Waals surface area contributed by atoms with Crippen molar-refractivity contribution >= 4 is 22.8 Å². The van der Waals surface area contributed by atoms with E-state index < -0.39 is 5.97 Å². The highest BCUT2D eigenvalue weighted by Crippen LogP contribution is 2.28. The van der Waals surface area contributed by atoms with Crippen LogP contribution in [0.3, 0.4) is 0 Å². The SMILES string of the molecule is CCN(CC(=O)O)C(=O)c1oc2c(C)cccc2c1C. The van der Waals surface area contributed by atoms with Gasteiger partial charge in [0.15, 0.2) is 5.76 Å². The molecule has 0 aliphatic carbocycles. The smallest absolute Gasteiger partial charge is 0.323 e. The molecular formula is C15H17NO4. The summed E-state index contributed by atoms with van der Waals surface area (Å²) in [6.07, 6.45) is 0. The van der Waals surface area contributed by atoms with E-state index in [0.717, 1.165) is 16.5 Å². The van der Waals surface area contributed by atoms with E-state index in [1.54, 1.807) is 6.92 Å². The molecule has 0 unspecified atom stereocenters. The van der Waals surface area contributed by atoms with Crippen molar-refractivity contribution in [3.05, 3.63) is 35.1 Å². The van der Waals surface area contributed by atoms with Crippen molar-refractivity contribution < 1.29 is 19.1 Å². The first kappa shape index (κ1) is 14.1. The van der Waals surface area contributed by atoms with Crippen LogP contribution in [0.5, 0.6) is 0 Å². The predicted octanol–water partition coefficient (Wildman–Crippen LogP) is 2.60. The number of furan rings is 1. The van der Waals surface area contributed by atoms with Crippen LogP contribution >= 0.6 is 0 Å². The van der Waals surface area contributed by atoms with E-state index >= 15 is 0 Å². The minimum absolute atomic E-state index is 0.220. The molecule has 0 aliphatic rings. The Kier molecular flexibility index (Phi) is 3.79. The first-order chi connectivity index (χ1) is 9.45. The Morgan fingerprint density at radius 2 is 2.00 bits per heavy atom. The number of aliphatic carboxylic acids is 1. The van der Waals surface area contributed by atoms with Crippen LogP contribution < -0.4 is 0 Å². The first-order valence-electron chi connectivity index (χ1n) is 6.45. The number of hydrogen-bond donors (Lipinski definition) is 1. The zero-order valence-corrected chi connectivity index (χ0v) is 11.8. The number of amides is 1. The second-order valence-corrected chi connectivity index (χ2v) is 4.72. The Balaban J connectivity index is 2.47. The Morgan fingerprint density at radius 1 is 1.30 bits per heavy atom. The minimum Gasteiger partial charge on any atom is -0.480 e. The molecule has 106 valence electrons. The van der Waals surface area contributed by atoms with Crippen molar-refractivity contribution in [3.63, 3.8) is 0 Å². The lowest BCUT2D eigenvalue weighted by atomic mass is 10.1. The van der Waals surface area contributed by atoms with Crippen LogP contribution in [0.15, 0.2) is 22.6 Å². The van der Waals surface area contributed by atoms with E-state index in [0.29, 0.717) is 12.1 Å². The van der Waals surface area contributed by atoms with Gasteiger partial charge in [0, 0.05) is 17.5 Å². The molecule has 2 rings (SSSR count). The Morgan fingerprint density at radius 3 is 2.55 bits per heavy atom. The van der Waals surface area contributed by atoms with Gasteiger partial charge in [0.1, 0.15) is 12.1 Å². The number of para-hydroxylation sites is 1. The lowest BCUT2D eigenvalue weighted by Gasteiger charge is -2.17. The summed E-state index contributed by atoms with van der Waals surface area (Å²) in [6, 6.07) is 5.71. The molecule has 0 spiro atoms. The van der Waals surface area contributed by atoms with Gasteiger partial charge in [0.2, 0.25) is 0 Å². The number of fused-ring (bicyclic) bond motifs is 1. The molecule has 0 saturated carbocycles. The molecule has 1 aromatic carbocycles. The molecule has 0 atom stereocenters. The molecule has 1 N–H and O–H groups in total. The lowest BCUT2D eigenvalue weighted by molar-refractivity contribution is -0.137. The predicted molar refractivity (Wildman–Crippen MR) is 74.9 cm³/mol. The van der Waals surface area contributed by atoms with Crippen molar-refractivity contribution in [2.45, 2.75) is 20.8 Å². The number of carbonyl (C=O) groups excluding carboxylic acids is 1. The number of aryl methyl sites for hydroxylation is 2. The van der Waals surface area contributed by atoms with Gasteiger partial charge in [-0.3, -0.25) is 9.59 Å². The van der Waals surface area contributed by atoms with Crippen LogP contribution in [-0.4, -0.2) is 35.0 Å². The van der Waals surface area contributed by atoms with Gasteiger partial charge in [0.05, 0.1) is 0 Å². The maximum atomic E-state index is 12.4. The van der Waals surface area contributed by atoms with Crippen molar-refractivity contribution in [3.8, 4) is 0 Å². The van der Waals surface area contributed by atoms with Gasteiger partial charge < -0.3 is 14.4 Å². The van der Waals surface area contributed by atoms with Crippen LogP contribution in [0.2, 0.25) is 0 Å². The van der Waals surface area contributed by atoms with E-state index in [9.17, 15) is 9.59 Å². The highest BCUT2D eigenvalue weighted by Gasteiger charge is 2.24. The number of carbonyl (C=O) groups is 2. The monoisotopic (exact) mass is 275 g/mol. The molecule has 1 amide bonds. The average molecular weight is 275 g/mol. The van der Waals surface area contributed by atoms with Gasteiger partial charge in [-0.2, -0.15) is 0 Å². The third-order valence-electron chi connectivity index (χ3n) is 3.35. The van der Waals surface area contributed by atoms with Crippen molar-refractivity contribution in [2.24, 2.45) is 0 Å². The van der Waals surface area contributed by atoms with E-state index in [1.165, 1.54) is 4.90 Å². The van der Waals surface area contributed by atoms with Gasteiger partial charge in [-0.05, 0) is 26.3 Å². The average Bonchev–Trinajstić information content (AvgIpc) is 2.74. The fourth-order valence-corrected chi connectivity index (χ4v) is 2.22. The quantitative estimate of drug-likeness (QED) is 0.931. The summed E-state index contributed by atoms with van der Waals surface area (Å²) >= 11 is 0. The van der Waals surface area contributed by atoms with E-state index in [-0.39, 0.29) is 18.2 Å². The molecule has 0 fully saturated rings. The standard InChI is InChI=1S/C15H17NO4/c1-4-16(8-12(17)18)15(19)14-10(3)11-7-5-6-9(2)13(11)20-14/h5-7H,4,8H2,1-3H3,(H,17,18). The lowest BCUT2D eigenvalue weighted by Crippen LogP contribution is -2.35. The third-order valence-corrected chi connectivity index (χ3v) is 3.35. The van der Waals surface area contributed by atoms with Crippen molar-refractivity contribution in [2.75, 3.05) is 13.1 Å². The van der Waals surface area contributed by atoms with Crippen LogP contribution in [0.1, 0.15) is 28.6 Å². The first-order valence-corrected chi connectivity index (χ1v) is 6.45. The number of nitrogens with zero attached hydrogens (tertiary/aromatic N) is 1. The highest BCUT2D eigenvalue weighted by atomic mass is 16.4. The maximum Gasteiger partial charge on any atom is 0.323 e. The molecule has 1 aromatic heterocycles. The second kappa shape index (κ2) is 5.36. The summed E-state index contributed by atoms with van der Waals surface area (Å²) in [5, 5.41) is 9.73. The second-order valence-electron chi connectivity index (χ2n) is 4.72. The molecule has 2 aromatic rings. The molecule has 20 heavy (non-hydrogen) atoms. The van der Waals surface area contributed by atoms with Crippen molar-refractivity contribution in [1.29, 1.82) is 0 Å². The van der Waals surface area contributed by atoms with Crippen LogP contribution in [0, 0.1) is 13.8 Å². The summed E-state index contributed by atoms with van der Waals surface area (Å²) < 4.78 is 5.67. The normalized spacial score (nSPS) is 10.8. The minimum atomic E-state index is -1.04. The summed E-state index contributed by atoms with van der Waals surface area (Å²) in [7, 11) is 0. The molecular weight excluding hydrogens is 258 g/mol. The number of rotatable bonds is 4. The van der Waals surface area contributed by atoms with Crippen molar-refractivity contribution in [1.82, 2.24) is 4.90 Å². The van der Waals surface area contributed by atoms with Gasteiger partial charge in [-0.1, -0.05) is 18.2 Å². The van der Waals surface area contributed by atoms with Gasteiger partial charge in [-0.25, -0.2) is 0 Å². The molecule has 0 aliphatic heterocycles. The molecule has 0 radical (unpaired) electrons. The number of likely N-dealkylation sites (N-methyl/N-ethyl adjacent to an activating group) is 1. The zero-order chi connectivity index (χ0) is 14.9.